The second-order valence-corrected chi connectivity index (χ2v) is 3.94. The van der Waals surface area contributed by atoms with Crippen molar-refractivity contribution in [2.24, 2.45) is 0 Å². The molecule has 1 unspecified atom stereocenters. The highest BCUT2D eigenvalue weighted by atomic mass is 16.5. The molecular weight excluding hydrogens is 190 g/mol. The molecule has 1 heterocycles. The van der Waals surface area contributed by atoms with Gasteiger partial charge >= 0.3 is 0 Å². The highest BCUT2D eigenvalue weighted by Gasteiger charge is 2.18. The Balaban J connectivity index is 2.74. The number of nitrogens with zero attached hydrogens (tertiary/aromatic N) is 3. The van der Waals surface area contributed by atoms with Gasteiger partial charge in [0.25, 0.3) is 0 Å². The molecule has 0 N–H and O–H groups in total. The third-order valence-corrected chi connectivity index (χ3v) is 2.33. The van der Waals surface area contributed by atoms with Crippen LogP contribution in [0.15, 0.2) is 4.52 Å². The zero-order valence-electron chi connectivity index (χ0n) is 9.69. The van der Waals surface area contributed by atoms with Crippen LogP contribution in [0.1, 0.15) is 44.4 Å². The first-order chi connectivity index (χ1) is 7.06. The maximum atomic E-state index is 5.24. The first-order valence-electron chi connectivity index (χ1n) is 5.03. The van der Waals surface area contributed by atoms with Crippen LogP contribution < -0.4 is 0 Å². The Bertz CT molecular complexity index is 351. The molecule has 0 fully saturated rings. The molecule has 0 aliphatic rings. The van der Waals surface area contributed by atoms with Gasteiger partial charge in [-0.2, -0.15) is 4.98 Å². The zero-order chi connectivity index (χ0) is 11.4. The molecule has 0 bridgehead atoms. The first kappa shape index (κ1) is 11.7. The minimum atomic E-state index is 0.0565. The molecule has 0 aliphatic heterocycles. The lowest BCUT2D eigenvalue weighted by atomic mass is 10.2. The number of hydrogen-bond acceptors (Lipinski definition) is 4. The predicted octanol–water partition coefficient (Wildman–Crippen LogP) is 1.82. The SMILES string of the molecule is C#CCN(C)C(C)c1nc(C(C)C)no1. The molecule has 0 saturated heterocycles. The number of hydrogen-bond donors (Lipinski definition) is 0. The van der Waals surface area contributed by atoms with Crippen molar-refractivity contribution in [2.75, 3.05) is 13.6 Å². The minimum absolute atomic E-state index is 0.0565. The zero-order valence-corrected chi connectivity index (χ0v) is 9.69. The molecule has 0 amide bonds. The highest BCUT2D eigenvalue weighted by molar-refractivity contribution is 4.97. The van der Waals surface area contributed by atoms with E-state index in [0.717, 1.165) is 5.82 Å². The summed E-state index contributed by atoms with van der Waals surface area (Å²) in [7, 11) is 1.93. The van der Waals surface area contributed by atoms with Crippen molar-refractivity contribution in [2.45, 2.75) is 32.7 Å². The summed E-state index contributed by atoms with van der Waals surface area (Å²) in [5.74, 6) is 4.23. The van der Waals surface area contributed by atoms with Gasteiger partial charge in [0.15, 0.2) is 5.82 Å². The van der Waals surface area contributed by atoms with Gasteiger partial charge in [-0.25, -0.2) is 0 Å². The van der Waals surface area contributed by atoms with Crippen molar-refractivity contribution in [3.8, 4) is 12.3 Å². The van der Waals surface area contributed by atoms with Crippen LogP contribution in [0.3, 0.4) is 0 Å². The fourth-order valence-electron chi connectivity index (χ4n) is 1.12. The van der Waals surface area contributed by atoms with Crippen molar-refractivity contribution in [1.29, 1.82) is 0 Å². The molecule has 0 saturated carbocycles. The third kappa shape index (κ3) is 2.80. The van der Waals surface area contributed by atoms with Gasteiger partial charge in [0.2, 0.25) is 5.89 Å². The average molecular weight is 207 g/mol. The minimum Gasteiger partial charge on any atom is -0.338 e. The topological polar surface area (TPSA) is 42.2 Å². The van der Waals surface area contributed by atoms with Gasteiger partial charge in [-0.05, 0) is 14.0 Å². The fraction of sp³-hybridized carbons (Fsp3) is 0.636. The lowest BCUT2D eigenvalue weighted by molar-refractivity contribution is 0.229. The van der Waals surface area contributed by atoms with Crippen LogP contribution in [-0.4, -0.2) is 28.6 Å². The summed E-state index contributed by atoms with van der Waals surface area (Å²) in [6, 6.07) is 0.0565. The van der Waals surface area contributed by atoms with Crippen LogP contribution in [0.2, 0.25) is 0 Å². The fourth-order valence-corrected chi connectivity index (χ4v) is 1.12. The second-order valence-electron chi connectivity index (χ2n) is 3.94. The third-order valence-electron chi connectivity index (χ3n) is 2.33. The standard InChI is InChI=1S/C11H17N3O/c1-6-7-14(5)9(4)11-12-10(8(2)3)13-15-11/h1,8-9H,7H2,2-5H3. The highest BCUT2D eigenvalue weighted by Crippen LogP contribution is 2.18. The monoisotopic (exact) mass is 207 g/mol. The van der Waals surface area contributed by atoms with Gasteiger partial charge in [0, 0.05) is 5.92 Å². The largest absolute Gasteiger partial charge is 0.338 e. The molecule has 0 spiro atoms. The molecule has 0 aliphatic carbocycles. The van der Waals surface area contributed by atoms with E-state index in [4.69, 9.17) is 10.9 Å². The summed E-state index contributed by atoms with van der Waals surface area (Å²) < 4.78 is 5.18. The molecule has 0 radical (unpaired) electrons. The normalized spacial score (nSPS) is 13.1. The Labute approximate surface area is 90.7 Å². The molecule has 0 aromatic carbocycles. The molecular formula is C11H17N3O. The van der Waals surface area contributed by atoms with E-state index in [1.165, 1.54) is 0 Å². The number of rotatable bonds is 4. The summed E-state index contributed by atoms with van der Waals surface area (Å²) in [5.41, 5.74) is 0. The lowest BCUT2D eigenvalue weighted by Crippen LogP contribution is -2.22. The molecule has 1 rings (SSSR count). The van der Waals surface area contributed by atoms with Crippen LogP contribution in [0.5, 0.6) is 0 Å². The Hall–Kier alpha value is -1.34. The van der Waals surface area contributed by atoms with E-state index in [2.05, 4.69) is 16.1 Å². The quantitative estimate of drug-likeness (QED) is 0.706. The molecule has 82 valence electrons. The maximum absolute atomic E-state index is 5.24. The summed E-state index contributed by atoms with van der Waals surface area (Å²) in [6.45, 7) is 6.63. The first-order valence-corrected chi connectivity index (χ1v) is 5.03. The predicted molar refractivity (Wildman–Crippen MR) is 58.3 cm³/mol. The Kier molecular flexibility index (Phi) is 3.87. The van der Waals surface area contributed by atoms with Crippen LogP contribution >= 0.6 is 0 Å². The van der Waals surface area contributed by atoms with Crippen molar-refractivity contribution >= 4 is 0 Å². The van der Waals surface area contributed by atoms with E-state index in [0.29, 0.717) is 12.4 Å². The van der Waals surface area contributed by atoms with E-state index >= 15 is 0 Å². The lowest BCUT2D eigenvalue weighted by Gasteiger charge is -2.18. The van der Waals surface area contributed by atoms with Gasteiger partial charge in [0.05, 0.1) is 12.6 Å². The molecule has 15 heavy (non-hydrogen) atoms. The molecule has 4 nitrogen and oxygen atoms in total. The second kappa shape index (κ2) is 4.94. The molecule has 1 atom stereocenters. The Morgan fingerprint density at radius 3 is 2.60 bits per heavy atom. The summed E-state index contributed by atoms with van der Waals surface area (Å²) in [5, 5.41) is 3.91. The van der Waals surface area contributed by atoms with Crippen LogP contribution in [0.25, 0.3) is 0 Å². The molecule has 1 aromatic rings. The van der Waals surface area contributed by atoms with Crippen molar-refractivity contribution < 1.29 is 4.52 Å². The van der Waals surface area contributed by atoms with E-state index < -0.39 is 0 Å². The van der Waals surface area contributed by atoms with Gasteiger partial charge < -0.3 is 4.52 Å². The average Bonchev–Trinajstić information content (AvgIpc) is 2.65. The van der Waals surface area contributed by atoms with Gasteiger partial charge in [-0.3, -0.25) is 4.90 Å². The van der Waals surface area contributed by atoms with E-state index in [1.807, 2.05) is 32.7 Å². The van der Waals surface area contributed by atoms with Crippen molar-refractivity contribution in [1.82, 2.24) is 15.0 Å². The van der Waals surface area contributed by atoms with Crippen LogP contribution in [-0.2, 0) is 0 Å². The van der Waals surface area contributed by atoms with E-state index in [-0.39, 0.29) is 12.0 Å². The summed E-state index contributed by atoms with van der Waals surface area (Å²) >= 11 is 0. The van der Waals surface area contributed by atoms with Crippen molar-refractivity contribution in [3.63, 3.8) is 0 Å². The van der Waals surface area contributed by atoms with E-state index in [1.54, 1.807) is 0 Å². The maximum Gasteiger partial charge on any atom is 0.243 e. The molecule has 1 aromatic heterocycles. The number of aromatic nitrogens is 2. The van der Waals surface area contributed by atoms with Crippen LogP contribution in [0, 0.1) is 12.3 Å². The Morgan fingerprint density at radius 2 is 2.13 bits per heavy atom. The van der Waals surface area contributed by atoms with Gasteiger partial charge in [0.1, 0.15) is 0 Å². The van der Waals surface area contributed by atoms with E-state index in [9.17, 15) is 0 Å². The van der Waals surface area contributed by atoms with Gasteiger partial charge in [-0.1, -0.05) is 24.9 Å². The Morgan fingerprint density at radius 1 is 1.47 bits per heavy atom. The summed E-state index contributed by atoms with van der Waals surface area (Å²) in [6.07, 6.45) is 5.24. The van der Waals surface area contributed by atoms with Gasteiger partial charge in [-0.15, -0.1) is 6.42 Å². The number of terminal acetylenes is 1. The van der Waals surface area contributed by atoms with Crippen molar-refractivity contribution in [3.05, 3.63) is 11.7 Å². The van der Waals surface area contributed by atoms with Crippen LogP contribution in [0.4, 0.5) is 0 Å². The molecule has 4 heteroatoms. The smallest absolute Gasteiger partial charge is 0.243 e. The summed E-state index contributed by atoms with van der Waals surface area (Å²) in [4.78, 5) is 6.31.